The maximum absolute atomic E-state index is 12.6. The van der Waals surface area contributed by atoms with Gasteiger partial charge in [0.2, 0.25) is 5.82 Å². The van der Waals surface area contributed by atoms with Crippen molar-refractivity contribution < 1.29 is 13.2 Å². The van der Waals surface area contributed by atoms with Gasteiger partial charge in [0.25, 0.3) is 0 Å². The third kappa shape index (κ3) is 3.77. The molecule has 0 unspecified atom stereocenters. The Morgan fingerprint density at radius 1 is 0.926 bits per heavy atom. The van der Waals surface area contributed by atoms with Crippen LogP contribution in [0.15, 0.2) is 65.8 Å². The van der Waals surface area contributed by atoms with Gasteiger partial charge in [0.15, 0.2) is 5.65 Å². The number of hydrogen-bond acceptors (Lipinski definition) is 5. The number of fused-ring (bicyclic) bond motifs is 1. The molecule has 4 aromatic rings. The lowest BCUT2D eigenvalue weighted by Gasteiger charge is -2.07. The zero-order valence-electron chi connectivity index (χ0n) is 13.8. The lowest BCUT2D eigenvalue weighted by Crippen LogP contribution is -2.04. The van der Waals surface area contributed by atoms with Crippen LogP contribution in [0.2, 0.25) is 0 Å². The van der Waals surface area contributed by atoms with Crippen molar-refractivity contribution in [2.75, 3.05) is 0 Å². The smallest absolute Gasteiger partial charge is 0.253 e. The Hall–Kier alpha value is -2.94. The average Bonchev–Trinajstić information content (AvgIpc) is 3.10. The topological polar surface area (TPSA) is 56.0 Å². The Bertz CT molecular complexity index is 1060. The second-order valence-electron chi connectivity index (χ2n) is 5.66. The van der Waals surface area contributed by atoms with Gasteiger partial charge in [-0.15, -0.1) is 10.2 Å². The van der Waals surface area contributed by atoms with Gasteiger partial charge < -0.3 is 0 Å². The second kappa shape index (κ2) is 6.99. The summed E-state index contributed by atoms with van der Waals surface area (Å²) in [5.74, 6) is 1.03. The highest BCUT2D eigenvalue weighted by Crippen LogP contribution is 2.30. The highest BCUT2D eigenvalue weighted by atomic mass is 32.2. The lowest BCUT2D eigenvalue weighted by molar-refractivity contribution is -0.137. The van der Waals surface area contributed by atoms with Crippen LogP contribution in [0.5, 0.6) is 0 Å². The van der Waals surface area contributed by atoms with Gasteiger partial charge in [-0.1, -0.05) is 30.0 Å². The van der Waals surface area contributed by atoms with Gasteiger partial charge in [-0.05, 0) is 42.0 Å². The first kappa shape index (κ1) is 17.5. The zero-order valence-corrected chi connectivity index (χ0v) is 14.6. The Morgan fingerprint density at radius 3 is 2.44 bits per heavy atom. The van der Waals surface area contributed by atoms with Gasteiger partial charge in [0.1, 0.15) is 10.7 Å². The number of hydrogen-bond donors (Lipinski definition) is 0. The highest BCUT2D eigenvalue weighted by molar-refractivity contribution is 7.98. The molecule has 0 saturated carbocycles. The predicted molar refractivity (Wildman–Crippen MR) is 95.0 cm³/mol. The van der Waals surface area contributed by atoms with E-state index in [-0.39, 0.29) is 0 Å². The van der Waals surface area contributed by atoms with Crippen molar-refractivity contribution in [3.05, 3.63) is 71.9 Å². The molecule has 0 aliphatic heterocycles. The molecule has 0 N–H and O–H groups in total. The van der Waals surface area contributed by atoms with Crippen molar-refractivity contribution in [2.24, 2.45) is 0 Å². The number of rotatable bonds is 4. The number of nitrogens with zero attached hydrogens (tertiary/aromatic N) is 5. The Labute approximate surface area is 156 Å². The lowest BCUT2D eigenvalue weighted by atomic mass is 10.1. The summed E-state index contributed by atoms with van der Waals surface area (Å²) in [7, 11) is 0. The monoisotopic (exact) mass is 387 g/mol. The van der Waals surface area contributed by atoms with Gasteiger partial charge in [0, 0.05) is 11.9 Å². The molecule has 5 nitrogen and oxygen atoms in total. The molecule has 0 radical (unpaired) electrons. The molecule has 0 saturated heterocycles. The number of thioether (sulfide) groups is 1. The maximum Gasteiger partial charge on any atom is 0.416 e. The molecule has 27 heavy (non-hydrogen) atoms. The summed E-state index contributed by atoms with van der Waals surface area (Å²) < 4.78 is 39.5. The molecule has 0 amide bonds. The van der Waals surface area contributed by atoms with Crippen molar-refractivity contribution >= 4 is 17.4 Å². The molecule has 9 heteroatoms. The van der Waals surface area contributed by atoms with E-state index in [0.29, 0.717) is 27.9 Å². The van der Waals surface area contributed by atoms with Crippen molar-refractivity contribution in [1.82, 2.24) is 24.8 Å². The van der Waals surface area contributed by atoms with E-state index in [1.54, 1.807) is 22.8 Å². The Balaban J connectivity index is 1.54. The molecule has 3 aromatic heterocycles. The van der Waals surface area contributed by atoms with E-state index in [9.17, 15) is 13.2 Å². The predicted octanol–water partition coefficient (Wildman–Crippen LogP) is 4.50. The minimum atomic E-state index is -4.32. The minimum Gasteiger partial charge on any atom is -0.253 e. The van der Waals surface area contributed by atoms with Crippen LogP contribution in [-0.4, -0.2) is 24.8 Å². The molecule has 1 aromatic carbocycles. The van der Waals surface area contributed by atoms with Crippen LogP contribution in [0.1, 0.15) is 11.1 Å². The van der Waals surface area contributed by atoms with Crippen LogP contribution in [0, 0.1) is 0 Å². The molecular weight excluding hydrogens is 375 g/mol. The fourth-order valence-electron chi connectivity index (χ4n) is 2.45. The quantitative estimate of drug-likeness (QED) is 0.483. The molecule has 0 aliphatic carbocycles. The van der Waals surface area contributed by atoms with Crippen molar-refractivity contribution in [3.63, 3.8) is 0 Å². The number of alkyl halides is 3. The molecule has 136 valence electrons. The van der Waals surface area contributed by atoms with Crippen molar-refractivity contribution in [1.29, 1.82) is 0 Å². The first-order valence-electron chi connectivity index (χ1n) is 7.93. The van der Waals surface area contributed by atoms with Gasteiger partial charge in [-0.25, -0.2) is 0 Å². The van der Waals surface area contributed by atoms with Crippen LogP contribution in [0.4, 0.5) is 13.2 Å². The summed E-state index contributed by atoms with van der Waals surface area (Å²) in [6.07, 6.45) is -2.66. The molecule has 0 atom stereocenters. The standard InChI is InChI=1S/C18H12F3N5S/c19-18(20,21)13-6-4-12(5-7-13)11-27-16-9-8-15-23-24-17(26(15)25-16)14-3-1-2-10-22-14/h1-10H,11H2. The number of pyridine rings is 1. The number of benzene rings is 1. The normalized spacial score (nSPS) is 11.8. The summed E-state index contributed by atoms with van der Waals surface area (Å²) in [6.45, 7) is 0. The Morgan fingerprint density at radius 2 is 1.74 bits per heavy atom. The first-order valence-corrected chi connectivity index (χ1v) is 8.92. The summed E-state index contributed by atoms with van der Waals surface area (Å²) in [5, 5.41) is 13.4. The summed E-state index contributed by atoms with van der Waals surface area (Å²) >= 11 is 1.42. The second-order valence-corrected chi connectivity index (χ2v) is 6.66. The maximum atomic E-state index is 12.6. The SMILES string of the molecule is FC(F)(F)c1ccc(CSc2ccc3nnc(-c4ccccn4)n3n2)cc1. The molecule has 0 fully saturated rings. The van der Waals surface area contributed by atoms with E-state index in [1.165, 1.54) is 23.9 Å². The molecule has 3 heterocycles. The van der Waals surface area contributed by atoms with Crippen LogP contribution >= 0.6 is 11.8 Å². The van der Waals surface area contributed by atoms with Gasteiger partial charge in [0.05, 0.1) is 5.56 Å². The third-order valence-corrected chi connectivity index (χ3v) is 4.79. The molecular formula is C18H12F3N5S. The molecule has 4 rings (SSSR count). The molecule has 0 bridgehead atoms. The van der Waals surface area contributed by atoms with Gasteiger partial charge >= 0.3 is 6.18 Å². The van der Waals surface area contributed by atoms with Gasteiger partial charge in [-0.3, -0.25) is 4.98 Å². The van der Waals surface area contributed by atoms with E-state index in [1.807, 2.05) is 18.2 Å². The van der Waals surface area contributed by atoms with Crippen molar-refractivity contribution in [3.8, 4) is 11.5 Å². The van der Waals surface area contributed by atoms with Crippen LogP contribution in [-0.2, 0) is 11.9 Å². The van der Waals surface area contributed by atoms with E-state index < -0.39 is 11.7 Å². The van der Waals surface area contributed by atoms with Gasteiger partial charge in [-0.2, -0.15) is 22.8 Å². The average molecular weight is 387 g/mol. The summed E-state index contributed by atoms with van der Waals surface area (Å²) in [4.78, 5) is 4.26. The van der Waals surface area contributed by atoms with Crippen LogP contribution < -0.4 is 0 Å². The molecule has 0 aliphatic rings. The largest absolute Gasteiger partial charge is 0.416 e. The Kier molecular flexibility index (Phi) is 4.53. The fourth-order valence-corrected chi connectivity index (χ4v) is 3.26. The van der Waals surface area contributed by atoms with Crippen LogP contribution in [0.3, 0.4) is 0 Å². The molecule has 0 spiro atoms. The highest BCUT2D eigenvalue weighted by Gasteiger charge is 2.29. The van der Waals surface area contributed by atoms with E-state index in [0.717, 1.165) is 17.7 Å². The number of halogens is 3. The third-order valence-electron chi connectivity index (χ3n) is 3.80. The first-order chi connectivity index (χ1) is 13.0. The van der Waals surface area contributed by atoms with E-state index >= 15 is 0 Å². The van der Waals surface area contributed by atoms with Crippen LogP contribution in [0.25, 0.3) is 17.2 Å². The fraction of sp³-hybridized carbons (Fsp3) is 0.111. The van der Waals surface area contributed by atoms with E-state index in [4.69, 9.17) is 0 Å². The van der Waals surface area contributed by atoms with E-state index in [2.05, 4.69) is 20.3 Å². The zero-order chi connectivity index (χ0) is 18.9. The summed E-state index contributed by atoms with van der Waals surface area (Å²) in [5.41, 5.74) is 1.38. The minimum absolute atomic E-state index is 0.498. The number of aromatic nitrogens is 5. The van der Waals surface area contributed by atoms with Crippen molar-refractivity contribution in [2.45, 2.75) is 17.0 Å². The summed E-state index contributed by atoms with van der Waals surface area (Å²) in [6, 6.07) is 14.2.